The highest BCUT2D eigenvalue weighted by Crippen LogP contribution is 2.37. The van der Waals surface area contributed by atoms with Gasteiger partial charge >= 0.3 is 0 Å². The summed E-state index contributed by atoms with van der Waals surface area (Å²) in [5.41, 5.74) is 9.14. The van der Waals surface area contributed by atoms with Crippen LogP contribution in [-0.2, 0) is 4.79 Å². The number of fused-ring (bicyclic) bond motifs is 1. The number of hydrogen-bond acceptors (Lipinski definition) is 4. The smallest absolute Gasteiger partial charge is 0.263 e. The Hall–Kier alpha value is -3.25. The Labute approximate surface area is 178 Å². The van der Waals surface area contributed by atoms with Gasteiger partial charge < -0.3 is 5.73 Å². The van der Waals surface area contributed by atoms with Crippen molar-refractivity contribution in [1.82, 2.24) is 9.55 Å². The third kappa shape index (κ3) is 3.33. The molecule has 0 saturated carbocycles. The van der Waals surface area contributed by atoms with Crippen LogP contribution in [0.25, 0.3) is 32.7 Å². The zero-order valence-electron chi connectivity index (χ0n) is 17.2. The van der Waals surface area contributed by atoms with E-state index in [4.69, 9.17) is 10.7 Å². The maximum absolute atomic E-state index is 13.8. The quantitative estimate of drug-likeness (QED) is 0.504. The van der Waals surface area contributed by atoms with Gasteiger partial charge in [-0.3, -0.25) is 14.2 Å². The maximum Gasteiger partial charge on any atom is 0.263 e. The van der Waals surface area contributed by atoms with Crippen LogP contribution >= 0.6 is 11.3 Å². The molecule has 30 heavy (non-hydrogen) atoms. The molecular formula is C24H23N3O2S. The van der Waals surface area contributed by atoms with Crippen molar-refractivity contribution in [3.63, 3.8) is 0 Å². The van der Waals surface area contributed by atoms with Gasteiger partial charge in [0.2, 0.25) is 5.91 Å². The molecule has 0 saturated heterocycles. The normalized spacial score (nSPS) is 12.2. The summed E-state index contributed by atoms with van der Waals surface area (Å²) in [6.45, 7) is 5.83. The molecule has 0 spiro atoms. The molecule has 1 amide bonds. The SMILES string of the molecule is CCC(C(N)=O)n1c(-c2cccc(C)c2)nc2sc(C)c(-c3ccccc3)c2c1=O. The summed E-state index contributed by atoms with van der Waals surface area (Å²) in [6.07, 6.45) is 0.408. The zero-order chi connectivity index (χ0) is 21.4. The third-order valence-corrected chi connectivity index (χ3v) is 6.30. The lowest BCUT2D eigenvalue weighted by Crippen LogP contribution is -2.35. The highest BCUT2D eigenvalue weighted by Gasteiger charge is 2.26. The van der Waals surface area contributed by atoms with Crippen molar-refractivity contribution >= 4 is 27.5 Å². The predicted molar refractivity (Wildman–Crippen MR) is 123 cm³/mol. The van der Waals surface area contributed by atoms with Gasteiger partial charge in [0, 0.05) is 16.0 Å². The van der Waals surface area contributed by atoms with Crippen molar-refractivity contribution in [2.45, 2.75) is 33.2 Å². The zero-order valence-corrected chi connectivity index (χ0v) is 18.0. The standard InChI is InChI=1S/C24H23N3O2S/c1-4-18(21(25)28)27-22(17-12-8-9-14(2)13-17)26-23-20(24(27)29)19(15(3)30-23)16-10-6-5-7-11-16/h5-13,18H,4H2,1-3H3,(H2,25,28). The average Bonchev–Trinajstić information content (AvgIpc) is 3.06. The maximum atomic E-state index is 13.8. The first-order valence-corrected chi connectivity index (χ1v) is 10.7. The minimum Gasteiger partial charge on any atom is -0.368 e. The number of amides is 1. The lowest BCUT2D eigenvalue weighted by atomic mass is 10.0. The van der Waals surface area contributed by atoms with Crippen LogP contribution < -0.4 is 11.3 Å². The molecule has 0 aliphatic heterocycles. The summed E-state index contributed by atoms with van der Waals surface area (Å²) in [4.78, 5) is 32.7. The Morgan fingerprint density at radius 3 is 2.43 bits per heavy atom. The molecule has 4 aromatic rings. The van der Waals surface area contributed by atoms with Crippen LogP contribution in [-0.4, -0.2) is 15.5 Å². The molecule has 5 nitrogen and oxygen atoms in total. The van der Waals surface area contributed by atoms with Gasteiger partial charge in [-0.25, -0.2) is 4.98 Å². The van der Waals surface area contributed by atoms with Crippen molar-refractivity contribution in [2.75, 3.05) is 0 Å². The number of aryl methyl sites for hydroxylation is 2. The van der Waals surface area contributed by atoms with E-state index >= 15 is 0 Å². The van der Waals surface area contributed by atoms with E-state index in [1.165, 1.54) is 15.9 Å². The molecule has 2 aromatic heterocycles. The number of benzene rings is 2. The monoisotopic (exact) mass is 417 g/mol. The number of primary amides is 1. The van der Waals surface area contributed by atoms with E-state index in [-0.39, 0.29) is 5.56 Å². The van der Waals surface area contributed by atoms with Crippen LogP contribution in [0.15, 0.2) is 59.4 Å². The molecule has 2 heterocycles. The number of aromatic nitrogens is 2. The van der Waals surface area contributed by atoms with Gasteiger partial charge in [-0.15, -0.1) is 11.3 Å². The molecule has 152 valence electrons. The van der Waals surface area contributed by atoms with E-state index in [2.05, 4.69) is 0 Å². The molecule has 4 rings (SSSR count). The lowest BCUT2D eigenvalue weighted by Gasteiger charge is -2.19. The Balaban J connectivity index is 2.13. The number of carbonyl (C=O) groups excluding carboxylic acids is 1. The van der Waals surface area contributed by atoms with Crippen LogP contribution in [0, 0.1) is 13.8 Å². The molecule has 6 heteroatoms. The summed E-state index contributed by atoms with van der Waals surface area (Å²) in [5, 5.41) is 0.541. The lowest BCUT2D eigenvalue weighted by molar-refractivity contribution is -0.121. The van der Waals surface area contributed by atoms with Gasteiger partial charge in [0.05, 0.1) is 5.39 Å². The van der Waals surface area contributed by atoms with Crippen LogP contribution in [0.2, 0.25) is 0 Å². The summed E-state index contributed by atoms with van der Waals surface area (Å²) in [7, 11) is 0. The summed E-state index contributed by atoms with van der Waals surface area (Å²) >= 11 is 1.50. The fourth-order valence-corrected chi connectivity index (χ4v) is 4.95. The molecule has 0 radical (unpaired) electrons. The van der Waals surface area contributed by atoms with Crippen LogP contribution in [0.4, 0.5) is 0 Å². The van der Waals surface area contributed by atoms with Crippen molar-refractivity contribution < 1.29 is 4.79 Å². The number of thiophene rings is 1. The van der Waals surface area contributed by atoms with Crippen LogP contribution in [0.3, 0.4) is 0 Å². The Bertz CT molecular complexity index is 1310. The topological polar surface area (TPSA) is 78.0 Å². The Kier molecular flexibility index (Phi) is 5.26. The van der Waals surface area contributed by atoms with E-state index < -0.39 is 11.9 Å². The highest BCUT2D eigenvalue weighted by atomic mass is 32.1. The second kappa shape index (κ2) is 7.88. The van der Waals surface area contributed by atoms with Crippen molar-refractivity contribution in [3.8, 4) is 22.5 Å². The van der Waals surface area contributed by atoms with E-state index in [9.17, 15) is 9.59 Å². The van der Waals surface area contributed by atoms with Crippen LogP contribution in [0.1, 0.15) is 29.8 Å². The fourth-order valence-electron chi connectivity index (χ4n) is 3.91. The molecule has 0 fully saturated rings. The molecule has 2 aromatic carbocycles. The molecule has 1 unspecified atom stereocenters. The largest absolute Gasteiger partial charge is 0.368 e. The number of nitrogens with two attached hydrogens (primary N) is 1. The molecule has 0 aliphatic carbocycles. The van der Waals surface area contributed by atoms with Crippen molar-refractivity contribution in [3.05, 3.63) is 75.4 Å². The fraction of sp³-hybridized carbons (Fsp3) is 0.208. The second-order valence-electron chi connectivity index (χ2n) is 7.39. The second-order valence-corrected chi connectivity index (χ2v) is 8.59. The minimum atomic E-state index is -0.770. The number of hydrogen-bond donors (Lipinski definition) is 1. The van der Waals surface area contributed by atoms with E-state index in [1.54, 1.807) is 0 Å². The predicted octanol–water partition coefficient (Wildman–Crippen LogP) is 4.85. The Morgan fingerprint density at radius 2 is 1.80 bits per heavy atom. The summed E-state index contributed by atoms with van der Waals surface area (Å²) < 4.78 is 1.48. The van der Waals surface area contributed by atoms with E-state index in [0.29, 0.717) is 22.5 Å². The average molecular weight is 418 g/mol. The molecular weight excluding hydrogens is 394 g/mol. The van der Waals surface area contributed by atoms with E-state index in [1.807, 2.05) is 75.4 Å². The van der Waals surface area contributed by atoms with Gasteiger partial charge in [0.25, 0.3) is 5.56 Å². The summed E-state index contributed by atoms with van der Waals surface area (Å²) in [6, 6.07) is 16.8. The van der Waals surface area contributed by atoms with Crippen molar-refractivity contribution in [2.24, 2.45) is 5.73 Å². The first-order chi connectivity index (χ1) is 14.4. The molecule has 2 N–H and O–H groups in total. The summed E-state index contributed by atoms with van der Waals surface area (Å²) in [5.74, 6) is -0.0643. The van der Waals surface area contributed by atoms with Gasteiger partial charge in [-0.1, -0.05) is 61.0 Å². The number of rotatable bonds is 5. The number of carbonyl (C=O) groups is 1. The van der Waals surface area contributed by atoms with Crippen LogP contribution in [0.5, 0.6) is 0 Å². The molecule has 0 aliphatic rings. The third-order valence-electron chi connectivity index (χ3n) is 5.30. The van der Waals surface area contributed by atoms with Crippen molar-refractivity contribution in [1.29, 1.82) is 0 Å². The first kappa shape index (κ1) is 20.0. The number of nitrogens with zero attached hydrogens (tertiary/aromatic N) is 2. The van der Waals surface area contributed by atoms with Gasteiger partial charge in [-0.05, 0) is 31.9 Å². The van der Waals surface area contributed by atoms with E-state index in [0.717, 1.165) is 27.1 Å². The molecule has 0 bridgehead atoms. The van der Waals surface area contributed by atoms with Gasteiger partial charge in [-0.2, -0.15) is 0 Å². The first-order valence-electron chi connectivity index (χ1n) is 9.89. The van der Waals surface area contributed by atoms with Gasteiger partial charge in [0.15, 0.2) is 0 Å². The highest BCUT2D eigenvalue weighted by molar-refractivity contribution is 7.19. The Morgan fingerprint density at radius 1 is 1.10 bits per heavy atom. The molecule has 1 atom stereocenters. The minimum absolute atomic E-state index is 0.231. The van der Waals surface area contributed by atoms with Gasteiger partial charge in [0.1, 0.15) is 16.7 Å².